The normalized spacial score (nSPS) is 22.7. The second kappa shape index (κ2) is 9.66. The monoisotopic (exact) mass is 393 g/mol. The molecule has 1 saturated carbocycles. The minimum absolute atomic E-state index is 0.105. The van der Waals surface area contributed by atoms with Crippen molar-refractivity contribution in [2.45, 2.75) is 52.2 Å². The number of esters is 1. The maximum atomic E-state index is 12.6. The zero-order valence-electron chi connectivity index (χ0n) is 17.5. The third-order valence-electron chi connectivity index (χ3n) is 5.61. The number of rotatable bonds is 7. The van der Waals surface area contributed by atoms with E-state index in [2.05, 4.69) is 19.2 Å². The number of amides is 1. The molecule has 0 spiro atoms. The van der Waals surface area contributed by atoms with E-state index in [4.69, 9.17) is 18.9 Å². The Morgan fingerprint density at radius 2 is 1.61 bits per heavy atom. The van der Waals surface area contributed by atoms with Crippen LogP contribution >= 0.6 is 0 Å². The Labute approximate surface area is 166 Å². The quantitative estimate of drug-likeness (QED) is 0.717. The van der Waals surface area contributed by atoms with Crippen molar-refractivity contribution < 1.29 is 28.5 Å². The van der Waals surface area contributed by atoms with Crippen molar-refractivity contribution in [1.82, 2.24) is 5.32 Å². The van der Waals surface area contributed by atoms with Gasteiger partial charge in [0.25, 0.3) is 5.91 Å². The summed E-state index contributed by atoms with van der Waals surface area (Å²) in [5.74, 6) is 1.09. The molecule has 2 rings (SSSR count). The van der Waals surface area contributed by atoms with Gasteiger partial charge in [-0.2, -0.15) is 0 Å². The molecular weight excluding hydrogens is 362 g/mol. The van der Waals surface area contributed by atoms with Crippen LogP contribution in [0.2, 0.25) is 0 Å². The molecule has 1 amide bonds. The first-order valence-electron chi connectivity index (χ1n) is 9.63. The van der Waals surface area contributed by atoms with Crippen LogP contribution in [0.15, 0.2) is 12.1 Å². The Kier molecular flexibility index (Phi) is 7.54. The van der Waals surface area contributed by atoms with Gasteiger partial charge in [-0.1, -0.05) is 26.7 Å². The van der Waals surface area contributed by atoms with E-state index < -0.39 is 12.1 Å². The van der Waals surface area contributed by atoms with Crippen molar-refractivity contribution in [2.75, 3.05) is 21.3 Å². The van der Waals surface area contributed by atoms with Gasteiger partial charge in [-0.05, 0) is 25.2 Å². The molecule has 0 saturated heterocycles. The summed E-state index contributed by atoms with van der Waals surface area (Å²) in [7, 11) is 4.41. The maximum absolute atomic E-state index is 12.6. The van der Waals surface area contributed by atoms with Crippen molar-refractivity contribution in [3.63, 3.8) is 0 Å². The third kappa shape index (κ3) is 4.88. The van der Waals surface area contributed by atoms with Crippen LogP contribution in [0.25, 0.3) is 0 Å². The molecule has 7 nitrogen and oxygen atoms in total. The summed E-state index contributed by atoms with van der Waals surface area (Å²) in [6, 6.07) is 3.13. The number of nitrogens with one attached hydrogen (secondary N) is 1. The second-order valence-electron chi connectivity index (χ2n) is 7.34. The van der Waals surface area contributed by atoms with E-state index in [1.165, 1.54) is 33.8 Å². The highest BCUT2D eigenvalue weighted by atomic mass is 16.6. The average molecular weight is 393 g/mol. The van der Waals surface area contributed by atoms with E-state index >= 15 is 0 Å². The van der Waals surface area contributed by atoms with Crippen LogP contribution < -0.4 is 19.5 Å². The smallest absolute Gasteiger partial charge is 0.342 e. The fraction of sp³-hybridized carbons (Fsp3) is 0.619. The molecule has 1 aromatic rings. The van der Waals surface area contributed by atoms with E-state index in [1.807, 2.05) is 0 Å². The van der Waals surface area contributed by atoms with E-state index in [9.17, 15) is 9.59 Å². The number of methoxy groups -OCH3 is 3. The molecule has 0 aromatic heterocycles. The van der Waals surface area contributed by atoms with Gasteiger partial charge in [0.15, 0.2) is 17.6 Å². The topological polar surface area (TPSA) is 83.1 Å². The molecule has 0 bridgehead atoms. The van der Waals surface area contributed by atoms with Crippen LogP contribution in [-0.2, 0) is 9.53 Å². The number of hydrogen-bond donors (Lipinski definition) is 1. The van der Waals surface area contributed by atoms with Crippen molar-refractivity contribution in [1.29, 1.82) is 0 Å². The highest BCUT2D eigenvalue weighted by molar-refractivity contribution is 5.95. The van der Waals surface area contributed by atoms with Gasteiger partial charge < -0.3 is 24.3 Å². The molecule has 1 aliphatic rings. The van der Waals surface area contributed by atoms with Crippen LogP contribution in [-0.4, -0.2) is 45.4 Å². The molecule has 0 unspecified atom stereocenters. The molecule has 0 radical (unpaired) electrons. The number of benzene rings is 1. The van der Waals surface area contributed by atoms with Gasteiger partial charge in [-0.25, -0.2) is 4.79 Å². The SMILES string of the molecule is COc1cc(OC)c(C(=O)O[C@H](C)C(=O)N[C@H]2CCC[C@@H](C)[C@H]2C)cc1OC. The molecule has 0 aliphatic heterocycles. The lowest BCUT2D eigenvalue weighted by Crippen LogP contribution is -2.47. The van der Waals surface area contributed by atoms with Gasteiger partial charge in [0.2, 0.25) is 0 Å². The van der Waals surface area contributed by atoms with Crippen molar-refractivity contribution in [3.8, 4) is 17.2 Å². The van der Waals surface area contributed by atoms with Gasteiger partial charge in [-0.15, -0.1) is 0 Å². The fourth-order valence-corrected chi connectivity index (χ4v) is 3.55. The summed E-state index contributed by atoms with van der Waals surface area (Å²) >= 11 is 0. The first kappa shape index (κ1) is 21.9. The fourth-order valence-electron chi connectivity index (χ4n) is 3.55. The average Bonchev–Trinajstić information content (AvgIpc) is 2.69. The molecular formula is C21H31NO6. The summed E-state index contributed by atoms with van der Waals surface area (Å²) in [6.07, 6.45) is 2.29. The molecule has 7 heteroatoms. The first-order chi connectivity index (χ1) is 13.3. The molecule has 0 heterocycles. The van der Waals surface area contributed by atoms with Crippen LogP contribution in [0.4, 0.5) is 0 Å². The van der Waals surface area contributed by atoms with Crippen molar-refractivity contribution >= 4 is 11.9 Å². The van der Waals surface area contributed by atoms with Gasteiger partial charge in [-0.3, -0.25) is 4.79 Å². The largest absolute Gasteiger partial charge is 0.496 e. The van der Waals surface area contributed by atoms with E-state index in [1.54, 1.807) is 13.0 Å². The molecule has 1 aliphatic carbocycles. The van der Waals surface area contributed by atoms with Gasteiger partial charge in [0, 0.05) is 18.2 Å². The summed E-state index contributed by atoms with van der Waals surface area (Å²) in [5.41, 5.74) is 0.166. The van der Waals surface area contributed by atoms with Crippen LogP contribution in [0.5, 0.6) is 17.2 Å². The molecule has 1 fully saturated rings. The van der Waals surface area contributed by atoms with Gasteiger partial charge in [0.05, 0.1) is 21.3 Å². The number of carbonyl (C=O) groups excluding carboxylic acids is 2. The standard InChI is InChI=1S/C21H31NO6/c1-12-8-7-9-16(13(12)2)22-20(23)14(3)28-21(24)15-10-18(26-5)19(27-6)11-17(15)25-4/h10-14,16H,7-9H2,1-6H3,(H,22,23)/t12-,13-,14-,16+/m1/s1. The number of ether oxygens (including phenoxy) is 4. The van der Waals surface area contributed by atoms with Crippen LogP contribution in [0.1, 0.15) is 50.4 Å². The maximum Gasteiger partial charge on any atom is 0.342 e. The van der Waals surface area contributed by atoms with Crippen LogP contribution in [0.3, 0.4) is 0 Å². The molecule has 28 heavy (non-hydrogen) atoms. The zero-order valence-corrected chi connectivity index (χ0v) is 17.5. The molecule has 156 valence electrons. The first-order valence-corrected chi connectivity index (χ1v) is 9.63. The Balaban J connectivity index is 2.08. The summed E-state index contributed by atoms with van der Waals surface area (Å²) in [6.45, 7) is 5.92. The van der Waals surface area contributed by atoms with Gasteiger partial charge in [0.1, 0.15) is 11.3 Å². The minimum atomic E-state index is -0.922. The Bertz CT molecular complexity index is 704. The Morgan fingerprint density at radius 1 is 1.00 bits per heavy atom. The zero-order chi connectivity index (χ0) is 20.8. The Hall–Kier alpha value is -2.44. The number of carbonyl (C=O) groups is 2. The summed E-state index contributed by atoms with van der Waals surface area (Å²) in [4.78, 5) is 25.2. The predicted molar refractivity (Wildman–Crippen MR) is 105 cm³/mol. The summed E-state index contributed by atoms with van der Waals surface area (Å²) < 4.78 is 21.1. The number of hydrogen-bond acceptors (Lipinski definition) is 6. The van der Waals surface area contributed by atoms with Crippen molar-refractivity contribution in [3.05, 3.63) is 17.7 Å². The van der Waals surface area contributed by atoms with E-state index in [0.717, 1.165) is 12.8 Å². The van der Waals surface area contributed by atoms with Crippen molar-refractivity contribution in [2.24, 2.45) is 11.8 Å². The lowest BCUT2D eigenvalue weighted by Gasteiger charge is -2.35. The second-order valence-corrected chi connectivity index (χ2v) is 7.34. The third-order valence-corrected chi connectivity index (χ3v) is 5.61. The molecule has 1 N–H and O–H groups in total. The van der Waals surface area contributed by atoms with Gasteiger partial charge >= 0.3 is 5.97 Å². The highest BCUT2D eigenvalue weighted by Gasteiger charge is 2.30. The summed E-state index contributed by atoms with van der Waals surface area (Å²) in [5, 5.41) is 3.03. The lowest BCUT2D eigenvalue weighted by molar-refractivity contribution is -0.130. The molecule has 1 aromatic carbocycles. The van der Waals surface area contributed by atoms with E-state index in [-0.39, 0.29) is 23.3 Å². The van der Waals surface area contributed by atoms with E-state index in [0.29, 0.717) is 23.3 Å². The molecule has 4 atom stereocenters. The highest BCUT2D eigenvalue weighted by Crippen LogP contribution is 2.35. The predicted octanol–water partition coefficient (Wildman–Crippen LogP) is 3.20. The lowest BCUT2D eigenvalue weighted by atomic mass is 9.78. The Morgan fingerprint density at radius 3 is 2.21 bits per heavy atom. The van der Waals surface area contributed by atoms with Crippen LogP contribution in [0, 0.1) is 11.8 Å². The minimum Gasteiger partial charge on any atom is -0.496 e.